The Hall–Kier alpha value is -3.36. The first-order chi connectivity index (χ1) is 25.7. The van der Waals surface area contributed by atoms with Crippen molar-refractivity contribution >= 4 is 45.8 Å². The van der Waals surface area contributed by atoms with Crippen LogP contribution in [0.4, 0.5) is 0 Å². The standard InChI is InChI=1S/C30H33.C21H19S.2CH3.Si.Zr/c1-20-16-24-18-23(21-8-12-25(13-9-21)29(2,3)4)19-28(27(24)17-20)22-10-14-26(15-11-22)30(5,6)7;1-13(2)16-11-19-20(12-16)22-14(3)21(19)18-10-6-8-15-7-4-5-9-17(15)18;;;;/h8-19H,1-7H3;4-11,13-14H,1-3H3;2*1H3;;/q4*-1;;. The summed E-state index contributed by atoms with van der Waals surface area (Å²) < 4.78 is 0. The average Bonchev–Trinajstić information content (AvgIpc) is 3.83. The van der Waals surface area contributed by atoms with E-state index in [4.69, 9.17) is 0 Å². The fourth-order valence-electron chi connectivity index (χ4n) is 7.53. The molecule has 8 rings (SSSR count). The summed E-state index contributed by atoms with van der Waals surface area (Å²) in [4.78, 5) is 1.33. The molecule has 0 fully saturated rings. The molecule has 0 amide bonds. The van der Waals surface area contributed by atoms with Crippen LogP contribution in [0.2, 0.25) is 0 Å². The van der Waals surface area contributed by atoms with Crippen molar-refractivity contribution in [3.05, 3.63) is 181 Å². The Bertz CT molecular complexity index is 2380. The van der Waals surface area contributed by atoms with Gasteiger partial charge in [-0.1, -0.05) is 176 Å². The SMILES string of the molecule is CC(C)C1=CC2=C(c3cccc4ccccc34)C(C)SC2=[C-]1.Cc1cc2c(-c3ccc(C(C)(C)C)cc3)cc(-c3ccc(C(C)(C)C)cc3)cc2[cH-]1.[CH3-].[CH3-].[Si]=[Zr]. The molecule has 0 bridgehead atoms. The predicted molar refractivity (Wildman–Crippen MR) is 249 cm³/mol. The van der Waals surface area contributed by atoms with Crippen LogP contribution in [0.5, 0.6) is 0 Å². The van der Waals surface area contributed by atoms with Gasteiger partial charge in [-0.2, -0.15) is 23.3 Å². The third-order valence-corrected chi connectivity index (χ3v) is 11.8. The van der Waals surface area contributed by atoms with Crippen molar-refractivity contribution in [1.82, 2.24) is 0 Å². The normalized spacial score (nSPS) is 14.9. The molecular formula is C53H58SSiZr-4. The first-order valence-corrected chi connectivity index (χ1v) is 24.2. The number of allylic oxidation sites excluding steroid dienone is 4. The van der Waals surface area contributed by atoms with Crippen molar-refractivity contribution < 1.29 is 23.3 Å². The van der Waals surface area contributed by atoms with E-state index in [1.165, 1.54) is 111 Å². The number of benzene rings is 5. The van der Waals surface area contributed by atoms with Crippen LogP contribution in [-0.4, -0.2) is 12.1 Å². The Labute approximate surface area is 360 Å². The van der Waals surface area contributed by atoms with Crippen molar-refractivity contribution in [2.45, 2.75) is 85.3 Å². The molecule has 0 aromatic heterocycles. The van der Waals surface area contributed by atoms with Gasteiger partial charge in [0, 0.05) is 5.25 Å². The topological polar surface area (TPSA) is 0 Å². The molecule has 0 saturated carbocycles. The van der Waals surface area contributed by atoms with Crippen LogP contribution >= 0.6 is 11.8 Å². The summed E-state index contributed by atoms with van der Waals surface area (Å²) in [6.07, 6.45) is 5.97. The Balaban J connectivity index is 0.000000239. The summed E-state index contributed by atoms with van der Waals surface area (Å²) in [6.45, 7) is 25.6. The Kier molecular flexibility index (Phi) is 15.0. The molecule has 0 spiro atoms. The van der Waals surface area contributed by atoms with Gasteiger partial charge >= 0.3 is 30.2 Å². The van der Waals surface area contributed by atoms with E-state index in [0.717, 1.165) is 0 Å². The van der Waals surface area contributed by atoms with Gasteiger partial charge in [0.25, 0.3) is 0 Å². The summed E-state index contributed by atoms with van der Waals surface area (Å²) in [5.41, 5.74) is 15.1. The number of rotatable bonds is 4. The van der Waals surface area contributed by atoms with Crippen LogP contribution in [0.1, 0.15) is 84.6 Å². The van der Waals surface area contributed by atoms with E-state index in [1.807, 2.05) is 11.8 Å². The summed E-state index contributed by atoms with van der Waals surface area (Å²) in [5, 5.41) is 5.82. The summed E-state index contributed by atoms with van der Waals surface area (Å²) in [5.74, 6) is 0.537. The van der Waals surface area contributed by atoms with Gasteiger partial charge in [0.1, 0.15) is 0 Å². The van der Waals surface area contributed by atoms with Crippen LogP contribution in [0.15, 0.2) is 137 Å². The van der Waals surface area contributed by atoms with Crippen molar-refractivity contribution in [2.24, 2.45) is 5.92 Å². The van der Waals surface area contributed by atoms with Crippen LogP contribution in [-0.2, 0) is 34.2 Å². The van der Waals surface area contributed by atoms with Gasteiger partial charge in [0.2, 0.25) is 0 Å². The quantitative estimate of drug-likeness (QED) is 0.126. The molecule has 1 unspecified atom stereocenters. The molecule has 0 saturated heterocycles. The van der Waals surface area contributed by atoms with Gasteiger partial charge in [-0.25, -0.2) is 6.08 Å². The molecule has 0 nitrogen and oxygen atoms in total. The number of fused-ring (bicyclic) bond motifs is 3. The second-order valence-corrected chi connectivity index (χ2v) is 18.4. The molecule has 1 aliphatic carbocycles. The van der Waals surface area contributed by atoms with E-state index >= 15 is 0 Å². The first-order valence-electron chi connectivity index (χ1n) is 19.1. The molecule has 288 valence electrons. The fourth-order valence-corrected chi connectivity index (χ4v) is 8.73. The molecule has 3 heteroatoms. The predicted octanol–water partition coefficient (Wildman–Crippen LogP) is 15.3. The van der Waals surface area contributed by atoms with Crippen molar-refractivity contribution in [2.75, 3.05) is 0 Å². The van der Waals surface area contributed by atoms with Crippen molar-refractivity contribution in [3.8, 4) is 22.3 Å². The number of aryl methyl sites for hydroxylation is 1. The molecule has 1 heterocycles. The molecular weight excluding hydrogens is 788 g/mol. The van der Waals surface area contributed by atoms with Gasteiger partial charge in [-0.15, -0.1) is 45.1 Å². The van der Waals surface area contributed by atoms with Gasteiger partial charge in [0.05, 0.1) is 0 Å². The van der Waals surface area contributed by atoms with E-state index in [2.05, 4.69) is 204 Å². The van der Waals surface area contributed by atoms with E-state index in [-0.39, 0.29) is 25.7 Å². The molecule has 6 aromatic rings. The maximum absolute atomic E-state index is 3.61. The second-order valence-electron chi connectivity index (χ2n) is 17.0. The number of hydrogen-bond donors (Lipinski definition) is 0. The maximum atomic E-state index is 3.61. The Morgan fingerprint density at radius 1 is 0.679 bits per heavy atom. The first kappa shape index (κ1) is 45.3. The van der Waals surface area contributed by atoms with E-state index in [0.29, 0.717) is 11.2 Å². The second kappa shape index (κ2) is 18.5. The molecule has 1 aliphatic heterocycles. The van der Waals surface area contributed by atoms with Gasteiger partial charge in [0.15, 0.2) is 0 Å². The molecule has 6 aromatic carbocycles. The zero-order valence-corrected chi connectivity index (χ0v) is 39.9. The van der Waals surface area contributed by atoms with Crippen LogP contribution in [0.3, 0.4) is 0 Å². The fraction of sp³-hybridized carbons (Fsp3) is 0.264. The minimum absolute atomic E-state index is 0. The van der Waals surface area contributed by atoms with Gasteiger partial charge in [-0.3, -0.25) is 0 Å². The summed E-state index contributed by atoms with van der Waals surface area (Å²) >= 11 is 3.30. The molecule has 2 radical (unpaired) electrons. The van der Waals surface area contributed by atoms with E-state index in [1.54, 1.807) is 0 Å². The Morgan fingerprint density at radius 3 is 1.84 bits per heavy atom. The van der Waals surface area contributed by atoms with Crippen LogP contribution < -0.4 is 0 Å². The molecule has 56 heavy (non-hydrogen) atoms. The minimum atomic E-state index is 0. The third kappa shape index (κ3) is 9.66. The molecule has 0 N–H and O–H groups in total. The Morgan fingerprint density at radius 2 is 1.25 bits per heavy atom. The van der Waals surface area contributed by atoms with Crippen LogP contribution in [0, 0.1) is 33.8 Å². The monoisotopic (exact) mass is 844 g/mol. The van der Waals surface area contributed by atoms with Crippen molar-refractivity contribution in [1.29, 1.82) is 0 Å². The zero-order valence-electron chi connectivity index (χ0n) is 35.6. The zero-order chi connectivity index (χ0) is 38.9. The summed E-state index contributed by atoms with van der Waals surface area (Å²) in [6, 6.07) is 42.8. The van der Waals surface area contributed by atoms with Gasteiger partial charge in [-0.05, 0) is 62.3 Å². The molecule has 1 atom stereocenters. The van der Waals surface area contributed by atoms with Crippen LogP contribution in [0.25, 0.3) is 49.4 Å². The van der Waals surface area contributed by atoms with E-state index in [9.17, 15) is 0 Å². The van der Waals surface area contributed by atoms with Crippen molar-refractivity contribution in [3.63, 3.8) is 0 Å². The van der Waals surface area contributed by atoms with E-state index < -0.39 is 0 Å². The number of thioether (sulfide) groups is 1. The average molecular weight is 846 g/mol. The third-order valence-electron chi connectivity index (χ3n) is 10.6. The number of hydrogen-bond acceptors (Lipinski definition) is 1. The summed E-state index contributed by atoms with van der Waals surface area (Å²) in [7, 11) is 0. The molecule has 2 aliphatic rings. The van der Waals surface area contributed by atoms with Gasteiger partial charge < -0.3 is 14.9 Å².